The second-order valence-electron chi connectivity index (χ2n) is 4.33. The van der Waals surface area contributed by atoms with E-state index in [1.807, 2.05) is 30.3 Å². The van der Waals surface area contributed by atoms with Gasteiger partial charge in [0.25, 0.3) is 0 Å². The maximum absolute atomic E-state index is 12.3. The van der Waals surface area contributed by atoms with Crippen molar-refractivity contribution in [3.05, 3.63) is 54.1 Å². The van der Waals surface area contributed by atoms with Crippen LogP contribution in [0.2, 0.25) is 0 Å². The van der Waals surface area contributed by atoms with E-state index in [0.29, 0.717) is 11.5 Å². The maximum atomic E-state index is 12.3. The molecule has 0 heterocycles. The Kier molecular flexibility index (Phi) is 4.82. The van der Waals surface area contributed by atoms with Crippen LogP contribution < -0.4 is 14.2 Å². The van der Waals surface area contributed by atoms with Gasteiger partial charge in [-0.3, -0.25) is 0 Å². The van der Waals surface area contributed by atoms with Gasteiger partial charge in [0.05, 0.1) is 19.1 Å². The van der Waals surface area contributed by atoms with Crippen molar-refractivity contribution >= 4 is 10.0 Å². The third-order valence-corrected chi connectivity index (χ3v) is 4.37. The summed E-state index contributed by atoms with van der Waals surface area (Å²) in [6, 6.07) is 13.8. The average molecular weight is 307 g/mol. The summed E-state index contributed by atoms with van der Waals surface area (Å²) in [4.78, 5) is 0.135. The molecule has 112 valence electrons. The lowest BCUT2D eigenvalue weighted by molar-refractivity contribution is 0.354. The van der Waals surface area contributed by atoms with Gasteiger partial charge in [-0.05, 0) is 17.7 Å². The summed E-state index contributed by atoms with van der Waals surface area (Å²) in [6.45, 7) is 0.234. The summed E-state index contributed by atoms with van der Waals surface area (Å²) < 4.78 is 37.3. The summed E-state index contributed by atoms with van der Waals surface area (Å²) in [5.74, 6) is 0.861. The maximum Gasteiger partial charge on any atom is 0.241 e. The Morgan fingerprint density at radius 3 is 2.24 bits per heavy atom. The van der Waals surface area contributed by atoms with Crippen molar-refractivity contribution in [2.75, 3.05) is 14.2 Å². The number of hydrogen-bond donors (Lipinski definition) is 1. The third-order valence-electron chi connectivity index (χ3n) is 2.97. The molecular weight excluding hydrogens is 290 g/mol. The lowest BCUT2D eigenvalue weighted by atomic mass is 10.2. The molecular formula is C15H17NO4S. The van der Waals surface area contributed by atoms with Gasteiger partial charge in [-0.25, -0.2) is 13.1 Å². The molecule has 0 saturated heterocycles. The fourth-order valence-electron chi connectivity index (χ4n) is 1.84. The van der Waals surface area contributed by atoms with E-state index in [9.17, 15) is 8.42 Å². The van der Waals surface area contributed by atoms with E-state index >= 15 is 0 Å². The van der Waals surface area contributed by atoms with Gasteiger partial charge >= 0.3 is 0 Å². The molecule has 0 atom stereocenters. The molecule has 0 spiro atoms. The predicted molar refractivity (Wildman–Crippen MR) is 80.0 cm³/mol. The fourth-order valence-corrected chi connectivity index (χ4v) is 2.87. The number of nitrogens with one attached hydrogen (secondary N) is 1. The van der Waals surface area contributed by atoms with Crippen molar-refractivity contribution in [1.29, 1.82) is 0 Å². The van der Waals surface area contributed by atoms with E-state index in [1.165, 1.54) is 26.4 Å². The minimum absolute atomic E-state index is 0.135. The van der Waals surface area contributed by atoms with Gasteiger partial charge in [0.2, 0.25) is 10.0 Å². The van der Waals surface area contributed by atoms with Crippen molar-refractivity contribution in [3.63, 3.8) is 0 Å². The number of ether oxygens (including phenoxy) is 2. The topological polar surface area (TPSA) is 64.6 Å². The number of methoxy groups -OCH3 is 2. The molecule has 0 unspecified atom stereocenters. The zero-order valence-electron chi connectivity index (χ0n) is 11.9. The van der Waals surface area contributed by atoms with Crippen LogP contribution >= 0.6 is 0 Å². The molecule has 1 N–H and O–H groups in total. The normalized spacial score (nSPS) is 11.1. The number of benzene rings is 2. The van der Waals surface area contributed by atoms with E-state index in [-0.39, 0.29) is 11.4 Å². The summed E-state index contributed by atoms with van der Waals surface area (Å²) in [5, 5.41) is 0. The number of rotatable bonds is 6. The van der Waals surface area contributed by atoms with Crippen LogP contribution in [-0.2, 0) is 16.6 Å². The van der Waals surface area contributed by atoms with Crippen molar-refractivity contribution in [1.82, 2.24) is 4.72 Å². The van der Waals surface area contributed by atoms with E-state index in [1.54, 1.807) is 6.07 Å². The smallest absolute Gasteiger partial charge is 0.241 e. The molecule has 0 bridgehead atoms. The summed E-state index contributed by atoms with van der Waals surface area (Å²) in [7, 11) is -0.638. The predicted octanol–water partition coefficient (Wildman–Crippen LogP) is 2.18. The monoisotopic (exact) mass is 307 g/mol. The Morgan fingerprint density at radius 1 is 0.952 bits per heavy atom. The van der Waals surface area contributed by atoms with Crippen molar-refractivity contribution < 1.29 is 17.9 Å². The van der Waals surface area contributed by atoms with Gasteiger partial charge in [-0.1, -0.05) is 30.3 Å². The molecule has 0 aliphatic rings. The Hall–Kier alpha value is -2.05. The first-order valence-electron chi connectivity index (χ1n) is 6.32. The van der Waals surface area contributed by atoms with Crippen LogP contribution in [0.3, 0.4) is 0 Å². The van der Waals surface area contributed by atoms with Crippen LogP contribution in [0.1, 0.15) is 5.56 Å². The SMILES string of the molecule is COc1ccc(S(=O)(=O)NCc2ccccc2)cc1OC. The molecule has 0 radical (unpaired) electrons. The highest BCUT2D eigenvalue weighted by molar-refractivity contribution is 7.89. The highest BCUT2D eigenvalue weighted by Gasteiger charge is 2.16. The number of hydrogen-bond acceptors (Lipinski definition) is 4. The molecule has 2 aromatic rings. The lowest BCUT2D eigenvalue weighted by Gasteiger charge is -2.11. The van der Waals surface area contributed by atoms with Crippen LogP contribution in [-0.4, -0.2) is 22.6 Å². The summed E-state index contributed by atoms with van der Waals surface area (Å²) in [6.07, 6.45) is 0. The fraction of sp³-hybridized carbons (Fsp3) is 0.200. The van der Waals surface area contributed by atoms with Gasteiger partial charge in [0.1, 0.15) is 0 Å². The van der Waals surface area contributed by atoms with Crippen molar-refractivity contribution in [3.8, 4) is 11.5 Å². The highest BCUT2D eigenvalue weighted by atomic mass is 32.2. The minimum atomic E-state index is -3.60. The standard InChI is InChI=1S/C15H17NO4S/c1-19-14-9-8-13(10-15(14)20-2)21(17,18)16-11-12-6-4-3-5-7-12/h3-10,16H,11H2,1-2H3. The van der Waals surface area contributed by atoms with E-state index < -0.39 is 10.0 Å². The number of sulfonamides is 1. The Morgan fingerprint density at radius 2 is 1.62 bits per heavy atom. The second kappa shape index (κ2) is 6.60. The van der Waals surface area contributed by atoms with E-state index in [4.69, 9.17) is 9.47 Å². The van der Waals surface area contributed by atoms with Crippen LogP contribution in [0.4, 0.5) is 0 Å². The van der Waals surface area contributed by atoms with Gasteiger partial charge in [0.15, 0.2) is 11.5 Å². The molecule has 0 saturated carbocycles. The van der Waals surface area contributed by atoms with E-state index in [2.05, 4.69) is 4.72 Å². The van der Waals surface area contributed by atoms with Gasteiger partial charge < -0.3 is 9.47 Å². The first-order chi connectivity index (χ1) is 10.1. The Labute approximate surface area is 124 Å². The first kappa shape index (κ1) is 15.3. The second-order valence-corrected chi connectivity index (χ2v) is 6.09. The average Bonchev–Trinajstić information content (AvgIpc) is 2.53. The molecule has 0 fully saturated rings. The first-order valence-corrected chi connectivity index (χ1v) is 7.81. The third kappa shape index (κ3) is 3.74. The minimum Gasteiger partial charge on any atom is -0.493 e. The lowest BCUT2D eigenvalue weighted by Crippen LogP contribution is -2.23. The van der Waals surface area contributed by atoms with Crippen LogP contribution in [0.5, 0.6) is 11.5 Å². The quantitative estimate of drug-likeness (QED) is 0.888. The molecule has 2 aromatic carbocycles. The van der Waals surface area contributed by atoms with Crippen LogP contribution in [0.25, 0.3) is 0 Å². The molecule has 0 amide bonds. The zero-order chi connectivity index (χ0) is 15.3. The van der Waals surface area contributed by atoms with Gasteiger partial charge in [-0.15, -0.1) is 0 Å². The largest absolute Gasteiger partial charge is 0.493 e. The molecule has 0 aromatic heterocycles. The Balaban J connectivity index is 2.19. The molecule has 5 nitrogen and oxygen atoms in total. The van der Waals surface area contributed by atoms with Crippen LogP contribution in [0, 0.1) is 0 Å². The molecule has 2 rings (SSSR count). The van der Waals surface area contributed by atoms with E-state index in [0.717, 1.165) is 5.56 Å². The van der Waals surface area contributed by atoms with Crippen molar-refractivity contribution in [2.24, 2.45) is 0 Å². The van der Waals surface area contributed by atoms with Crippen LogP contribution in [0.15, 0.2) is 53.4 Å². The van der Waals surface area contributed by atoms with Gasteiger partial charge in [0, 0.05) is 12.6 Å². The summed E-state index contributed by atoms with van der Waals surface area (Å²) in [5.41, 5.74) is 0.890. The highest BCUT2D eigenvalue weighted by Crippen LogP contribution is 2.29. The molecule has 21 heavy (non-hydrogen) atoms. The molecule has 0 aliphatic carbocycles. The van der Waals surface area contributed by atoms with Crippen molar-refractivity contribution in [2.45, 2.75) is 11.4 Å². The zero-order valence-corrected chi connectivity index (χ0v) is 12.7. The van der Waals surface area contributed by atoms with Gasteiger partial charge in [-0.2, -0.15) is 0 Å². The molecule has 0 aliphatic heterocycles. The summed E-state index contributed by atoms with van der Waals surface area (Å²) >= 11 is 0. The Bertz CT molecular complexity index is 699. The molecule has 6 heteroatoms.